The molecule has 0 radical (unpaired) electrons. The van der Waals surface area contributed by atoms with E-state index in [-0.39, 0.29) is 17.9 Å². The Hall–Kier alpha value is -3.34. The molecule has 190 valence electrons. The summed E-state index contributed by atoms with van der Waals surface area (Å²) in [6, 6.07) is 5.24. The molecule has 3 aromatic rings. The van der Waals surface area contributed by atoms with Gasteiger partial charge in [-0.15, -0.1) is 0 Å². The van der Waals surface area contributed by atoms with Crippen molar-refractivity contribution < 1.29 is 32.5 Å². The molecule has 36 heavy (non-hydrogen) atoms. The first-order valence-electron chi connectivity index (χ1n) is 11.3. The van der Waals surface area contributed by atoms with Crippen LogP contribution in [0.2, 0.25) is 0 Å². The number of ether oxygens (including phenoxy) is 2. The molecule has 0 spiro atoms. The minimum Gasteiger partial charge on any atom is -0.494 e. The van der Waals surface area contributed by atoms with Crippen LogP contribution in [-0.2, 0) is 11.2 Å². The molecule has 3 N–H and O–H groups in total. The molecule has 0 unspecified atom stereocenters. The van der Waals surface area contributed by atoms with Crippen LogP contribution in [0, 0.1) is 17.5 Å². The number of pyridine rings is 2. The summed E-state index contributed by atoms with van der Waals surface area (Å²) in [6.07, 6.45) is 2.15. The first-order chi connectivity index (χ1) is 17.0. The van der Waals surface area contributed by atoms with Crippen molar-refractivity contribution in [3.05, 3.63) is 77.0 Å². The maximum atomic E-state index is 14.7. The van der Waals surface area contributed by atoms with Gasteiger partial charge in [0.25, 0.3) is 0 Å². The number of Topliss-reactive ketones (excluding diaryl/α,β-unsaturated/α-hetero) is 1. The largest absolute Gasteiger partial charge is 0.494 e. The number of ketones is 1. The van der Waals surface area contributed by atoms with E-state index in [4.69, 9.17) is 15.2 Å². The highest BCUT2D eigenvalue weighted by atomic mass is 19.1. The fraction of sp³-hybridized carbons (Fsp3) is 0.346. The molecular weight excluding hydrogens is 475 g/mol. The molecule has 0 aliphatic carbocycles. The standard InChI is InChI=1S/C26H26F3N3O4/c1-13-26(2,34)22(30)11-21(36-13)15-8-9-31-12-14(15)10-19(33)18-6-4-17(28)25(32-18)23-16(27)5-7-20(35-3)24(23)29/h4-9,12-13,21-22,34H,10-11,30H2,1-3H3/t13-,21-,22-,26-/m1/s1. The van der Waals surface area contributed by atoms with Gasteiger partial charge in [-0.3, -0.25) is 9.78 Å². The molecule has 2 aromatic heterocycles. The van der Waals surface area contributed by atoms with Gasteiger partial charge in [-0.05, 0) is 61.7 Å². The normalized spacial score (nSPS) is 23.9. The van der Waals surface area contributed by atoms with Gasteiger partial charge in [0.05, 0.1) is 24.9 Å². The molecule has 1 aromatic carbocycles. The molecule has 1 aliphatic rings. The summed E-state index contributed by atoms with van der Waals surface area (Å²) in [4.78, 5) is 21.2. The van der Waals surface area contributed by atoms with Crippen molar-refractivity contribution in [2.24, 2.45) is 5.73 Å². The number of halogens is 3. The van der Waals surface area contributed by atoms with Crippen molar-refractivity contribution in [3.63, 3.8) is 0 Å². The monoisotopic (exact) mass is 501 g/mol. The molecule has 4 atom stereocenters. The Morgan fingerprint density at radius 2 is 1.94 bits per heavy atom. The third-order valence-corrected chi connectivity index (χ3v) is 6.69. The van der Waals surface area contributed by atoms with E-state index in [1.54, 1.807) is 26.1 Å². The van der Waals surface area contributed by atoms with E-state index >= 15 is 0 Å². The summed E-state index contributed by atoms with van der Waals surface area (Å²) in [5.74, 6) is -3.98. The van der Waals surface area contributed by atoms with Gasteiger partial charge in [0, 0.05) is 24.9 Å². The van der Waals surface area contributed by atoms with E-state index < -0.39 is 58.3 Å². The maximum Gasteiger partial charge on any atom is 0.185 e. The predicted octanol–water partition coefficient (Wildman–Crippen LogP) is 3.92. The fourth-order valence-electron chi connectivity index (χ4n) is 4.25. The van der Waals surface area contributed by atoms with Gasteiger partial charge in [0.2, 0.25) is 0 Å². The van der Waals surface area contributed by atoms with Gasteiger partial charge in [-0.25, -0.2) is 18.2 Å². The van der Waals surface area contributed by atoms with E-state index in [9.17, 15) is 23.1 Å². The molecule has 3 heterocycles. The van der Waals surface area contributed by atoms with E-state index in [2.05, 4.69) is 9.97 Å². The van der Waals surface area contributed by atoms with Crippen LogP contribution in [-0.4, -0.2) is 45.7 Å². The Morgan fingerprint density at radius 1 is 1.22 bits per heavy atom. The van der Waals surface area contributed by atoms with Crippen LogP contribution in [0.5, 0.6) is 5.75 Å². The van der Waals surface area contributed by atoms with Gasteiger partial charge in [-0.2, -0.15) is 0 Å². The maximum absolute atomic E-state index is 14.7. The van der Waals surface area contributed by atoms with Gasteiger partial charge in [0.15, 0.2) is 17.3 Å². The number of hydrogen-bond acceptors (Lipinski definition) is 7. The first-order valence-corrected chi connectivity index (χ1v) is 11.3. The van der Waals surface area contributed by atoms with Crippen molar-refractivity contribution >= 4 is 5.78 Å². The number of carbonyl (C=O) groups excluding carboxylic acids is 1. The fourth-order valence-corrected chi connectivity index (χ4v) is 4.25. The molecule has 10 heteroatoms. The lowest BCUT2D eigenvalue weighted by molar-refractivity contribution is -0.171. The van der Waals surface area contributed by atoms with Crippen molar-refractivity contribution in [2.75, 3.05) is 7.11 Å². The minimum atomic E-state index is -1.21. The van der Waals surface area contributed by atoms with Gasteiger partial charge in [-0.1, -0.05) is 0 Å². The topological polar surface area (TPSA) is 108 Å². The van der Waals surface area contributed by atoms with Crippen molar-refractivity contribution in [1.82, 2.24) is 9.97 Å². The average Bonchev–Trinajstić information content (AvgIpc) is 2.84. The minimum absolute atomic E-state index is 0.176. The van der Waals surface area contributed by atoms with Gasteiger partial charge in [0.1, 0.15) is 28.6 Å². The molecule has 1 saturated heterocycles. The number of hydrogen-bond donors (Lipinski definition) is 2. The molecule has 0 amide bonds. The summed E-state index contributed by atoms with van der Waals surface area (Å²) in [6.45, 7) is 3.33. The van der Waals surface area contributed by atoms with E-state index in [1.165, 1.54) is 13.3 Å². The highest BCUT2D eigenvalue weighted by Crippen LogP contribution is 2.37. The zero-order valence-electron chi connectivity index (χ0n) is 20.0. The summed E-state index contributed by atoms with van der Waals surface area (Å²) >= 11 is 0. The Kier molecular flexibility index (Phi) is 7.12. The molecule has 1 fully saturated rings. The van der Waals surface area contributed by atoms with Crippen molar-refractivity contribution in [1.29, 1.82) is 0 Å². The molecule has 7 nitrogen and oxygen atoms in total. The van der Waals surface area contributed by atoms with Gasteiger partial charge < -0.3 is 20.3 Å². The van der Waals surface area contributed by atoms with E-state index in [0.717, 1.165) is 24.3 Å². The van der Waals surface area contributed by atoms with E-state index in [1.807, 2.05) is 0 Å². The number of carbonyl (C=O) groups is 1. The number of nitrogens with zero attached hydrogens (tertiary/aromatic N) is 2. The smallest absolute Gasteiger partial charge is 0.185 e. The van der Waals surface area contributed by atoms with Crippen LogP contribution in [0.25, 0.3) is 11.3 Å². The lowest BCUT2D eigenvalue weighted by atomic mass is 9.82. The second kappa shape index (κ2) is 9.96. The van der Waals surface area contributed by atoms with Crippen LogP contribution >= 0.6 is 0 Å². The average molecular weight is 502 g/mol. The number of aliphatic hydroxyl groups is 1. The number of rotatable bonds is 6. The third-order valence-electron chi connectivity index (χ3n) is 6.69. The summed E-state index contributed by atoms with van der Waals surface area (Å²) in [5, 5.41) is 10.5. The Bertz CT molecular complexity index is 1290. The van der Waals surface area contributed by atoms with Crippen LogP contribution in [0.1, 0.15) is 48.0 Å². The molecule has 0 saturated carbocycles. The first kappa shape index (κ1) is 25.7. The number of benzene rings is 1. The number of methoxy groups -OCH3 is 1. The summed E-state index contributed by atoms with van der Waals surface area (Å²) < 4.78 is 54.6. The van der Waals surface area contributed by atoms with Crippen LogP contribution in [0.15, 0.2) is 42.7 Å². The predicted molar refractivity (Wildman–Crippen MR) is 125 cm³/mol. The Labute approximate surface area is 206 Å². The second-order valence-corrected chi connectivity index (χ2v) is 8.97. The lowest BCUT2D eigenvalue weighted by Gasteiger charge is -2.44. The van der Waals surface area contributed by atoms with Crippen molar-refractivity contribution in [2.45, 2.75) is 50.5 Å². The second-order valence-electron chi connectivity index (χ2n) is 8.97. The van der Waals surface area contributed by atoms with Crippen molar-refractivity contribution in [3.8, 4) is 17.0 Å². The van der Waals surface area contributed by atoms with Crippen LogP contribution in [0.3, 0.4) is 0 Å². The highest BCUT2D eigenvalue weighted by Gasteiger charge is 2.43. The zero-order chi connectivity index (χ0) is 26.2. The lowest BCUT2D eigenvalue weighted by Crippen LogP contribution is -2.58. The molecule has 4 rings (SSSR count). The zero-order valence-corrected chi connectivity index (χ0v) is 20.0. The summed E-state index contributed by atoms with van der Waals surface area (Å²) in [7, 11) is 1.19. The van der Waals surface area contributed by atoms with Gasteiger partial charge >= 0.3 is 0 Å². The number of nitrogens with two attached hydrogens (primary N) is 1. The summed E-state index contributed by atoms with van der Waals surface area (Å²) in [5.41, 5.74) is 4.62. The Balaban J connectivity index is 1.65. The van der Waals surface area contributed by atoms with Crippen LogP contribution < -0.4 is 10.5 Å². The highest BCUT2D eigenvalue weighted by molar-refractivity contribution is 5.96. The number of aromatic nitrogens is 2. The third kappa shape index (κ3) is 4.71. The molecule has 1 aliphatic heterocycles. The SMILES string of the molecule is COc1ccc(F)c(-c2nc(C(=O)Cc3cnccc3[C@H]3C[C@@H](N)[C@](C)(O)[C@@H](C)O3)ccc2F)c1F. The van der Waals surface area contributed by atoms with E-state index in [0.29, 0.717) is 17.5 Å². The molecular formula is C26H26F3N3O4. The Morgan fingerprint density at radius 3 is 2.64 bits per heavy atom. The quantitative estimate of drug-likeness (QED) is 0.493. The molecule has 0 bridgehead atoms. The van der Waals surface area contributed by atoms with Crippen LogP contribution in [0.4, 0.5) is 13.2 Å².